The SMILES string of the molecule is N#Cc1cc(-c2nc(-c3ccccc3)nc(-c3ccccc3)n2)c(-n2c3ccccc3c3ncccc32)c(-n2c3ccccc3c3ncccc32)c1-n1c2ccccc2c2ncccc21. The van der Waals surface area contributed by atoms with Crippen molar-refractivity contribution >= 4 is 65.8 Å². The van der Waals surface area contributed by atoms with Gasteiger partial charge in [0.25, 0.3) is 0 Å². The zero-order chi connectivity index (χ0) is 43.0. The van der Waals surface area contributed by atoms with Crippen molar-refractivity contribution < 1.29 is 0 Å². The Morgan fingerprint density at radius 1 is 0.354 bits per heavy atom. The summed E-state index contributed by atoms with van der Waals surface area (Å²) in [6.45, 7) is 0. The highest BCUT2D eigenvalue weighted by molar-refractivity contribution is 6.12. The van der Waals surface area contributed by atoms with E-state index in [0.29, 0.717) is 34.3 Å². The monoisotopic (exact) mass is 832 g/mol. The molecule has 0 saturated carbocycles. The summed E-state index contributed by atoms with van der Waals surface area (Å²) in [5.74, 6) is 1.40. The lowest BCUT2D eigenvalue weighted by Gasteiger charge is -2.25. The van der Waals surface area contributed by atoms with E-state index in [1.54, 1.807) is 0 Å². The van der Waals surface area contributed by atoms with Crippen molar-refractivity contribution in [3.05, 3.63) is 200 Å². The molecule has 0 atom stereocenters. The Morgan fingerprint density at radius 2 is 0.723 bits per heavy atom. The van der Waals surface area contributed by atoms with Gasteiger partial charge in [0.2, 0.25) is 0 Å². The lowest BCUT2D eigenvalue weighted by Crippen LogP contribution is -2.14. The van der Waals surface area contributed by atoms with Crippen molar-refractivity contribution in [2.75, 3.05) is 0 Å². The van der Waals surface area contributed by atoms with Crippen molar-refractivity contribution in [1.82, 2.24) is 43.6 Å². The number of para-hydroxylation sites is 3. The van der Waals surface area contributed by atoms with Gasteiger partial charge in [-0.1, -0.05) is 115 Å². The van der Waals surface area contributed by atoms with E-state index < -0.39 is 0 Å². The van der Waals surface area contributed by atoms with Crippen LogP contribution in [0, 0.1) is 11.3 Å². The third kappa shape index (κ3) is 5.46. The summed E-state index contributed by atoms with van der Waals surface area (Å²) in [7, 11) is 0. The standard InChI is InChI=1S/C55H32N10/c56-33-36-32-40(55-61-53(34-16-3-1-4-17-34)60-54(62-55)35-18-5-2-6-19-35)51(64-42-24-11-8-21-38(42)48-45(64)27-14-30-58-48)52(65-43-25-12-9-22-39(43)49-46(65)28-15-31-59-49)50(36)63-41-23-10-7-20-37(41)47-44(63)26-13-29-57-47/h1-32H. The summed E-state index contributed by atoms with van der Waals surface area (Å²) in [5, 5.41) is 14.6. The van der Waals surface area contributed by atoms with Crippen LogP contribution in [-0.4, -0.2) is 43.6 Å². The molecule has 6 aromatic carbocycles. The minimum absolute atomic E-state index is 0.398. The second-order valence-corrected chi connectivity index (χ2v) is 15.8. The van der Waals surface area contributed by atoms with E-state index in [4.69, 9.17) is 29.9 Å². The largest absolute Gasteiger partial charge is 0.305 e. The molecule has 0 aliphatic rings. The van der Waals surface area contributed by atoms with E-state index in [1.165, 1.54) is 0 Å². The topological polar surface area (TPSA) is 116 Å². The highest BCUT2D eigenvalue weighted by Crippen LogP contribution is 2.47. The normalized spacial score (nSPS) is 11.7. The zero-order valence-electron chi connectivity index (χ0n) is 34.4. The van der Waals surface area contributed by atoms with Crippen LogP contribution in [0.1, 0.15) is 5.56 Å². The average molecular weight is 833 g/mol. The second-order valence-electron chi connectivity index (χ2n) is 15.8. The third-order valence-corrected chi connectivity index (χ3v) is 12.3. The molecule has 0 spiro atoms. The van der Waals surface area contributed by atoms with Gasteiger partial charge in [-0.25, -0.2) is 15.0 Å². The molecule has 0 aliphatic heterocycles. The number of nitriles is 1. The maximum absolute atomic E-state index is 11.7. The Morgan fingerprint density at radius 3 is 1.17 bits per heavy atom. The van der Waals surface area contributed by atoms with Gasteiger partial charge in [-0.15, -0.1) is 0 Å². The van der Waals surface area contributed by atoms with E-state index >= 15 is 0 Å². The van der Waals surface area contributed by atoms with E-state index in [9.17, 15) is 5.26 Å². The summed E-state index contributed by atoms with van der Waals surface area (Å²) in [5.41, 5.74) is 12.6. The highest BCUT2D eigenvalue weighted by Gasteiger charge is 2.31. The summed E-state index contributed by atoms with van der Waals surface area (Å²) in [6.07, 6.45) is 5.48. The van der Waals surface area contributed by atoms with Gasteiger partial charge >= 0.3 is 0 Å². The Balaban J connectivity index is 1.32. The molecule has 302 valence electrons. The maximum Gasteiger partial charge on any atom is 0.166 e. The van der Waals surface area contributed by atoms with Gasteiger partial charge in [0, 0.05) is 51.4 Å². The van der Waals surface area contributed by atoms with Crippen LogP contribution in [0.3, 0.4) is 0 Å². The minimum Gasteiger partial charge on any atom is -0.305 e. The van der Waals surface area contributed by atoms with Crippen molar-refractivity contribution in [2.24, 2.45) is 0 Å². The number of rotatable bonds is 6. The summed E-state index contributed by atoms with van der Waals surface area (Å²) < 4.78 is 6.72. The van der Waals surface area contributed by atoms with Crippen LogP contribution in [-0.2, 0) is 0 Å². The molecule has 0 aliphatic carbocycles. The van der Waals surface area contributed by atoms with Gasteiger partial charge in [0.05, 0.1) is 72.3 Å². The molecular formula is C55H32N10. The molecule has 13 rings (SSSR count). The van der Waals surface area contributed by atoms with Crippen LogP contribution < -0.4 is 0 Å². The van der Waals surface area contributed by atoms with Crippen molar-refractivity contribution in [2.45, 2.75) is 0 Å². The van der Waals surface area contributed by atoms with Crippen LogP contribution in [0.25, 0.3) is 117 Å². The molecule has 0 radical (unpaired) electrons. The first-order valence-electron chi connectivity index (χ1n) is 21.3. The summed E-state index contributed by atoms with van der Waals surface area (Å²) in [4.78, 5) is 30.7. The van der Waals surface area contributed by atoms with Crippen LogP contribution in [0.2, 0.25) is 0 Å². The predicted octanol–water partition coefficient (Wildman–Crippen LogP) is 12.2. The minimum atomic E-state index is 0.398. The van der Waals surface area contributed by atoms with E-state index in [1.807, 2.05) is 134 Å². The van der Waals surface area contributed by atoms with Crippen LogP contribution in [0.4, 0.5) is 0 Å². The summed E-state index contributed by atoms with van der Waals surface area (Å²) >= 11 is 0. The van der Waals surface area contributed by atoms with Crippen molar-refractivity contribution in [1.29, 1.82) is 5.26 Å². The molecule has 0 amide bonds. The quantitative estimate of drug-likeness (QED) is 0.164. The fraction of sp³-hybridized carbons (Fsp3) is 0. The van der Waals surface area contributed by atoms with Crippen molar-refractivity contribution in [3.63, 3.8) is 0 Å². The molecule has 10 heteroatoms. The first-order valence-corrected chi connectivity index (χ1v) is 21.3. The maximum atomic E-state index is 11.7. The van der Waals surface area contributed by atoms with E-state index in [0.717, 1.165) is 88.3 Å². The number of aromatic nitrogens is 9. The van der Waals surface area contributed by atoms with Gasteiger partial charge in [-0.3, -0.25) is 15.0 Å². The van der Waals surface area contributed by atoms with E-state index in [2.05, 4.69) is 80.4 Å². The number of pyridine rings is 3. The first-order chi connectivity index (χ1) is 32.2. The molecule has 0 saturated heterocycles. The van der Waals surface area contributed by atoms with Crippen LogP contribution in [0.5, 0.6) is 0 Å². The number of nitrogens with zero attached hydrogens (tertiary/aromatic N) is 10. The van der Waals surface area contributed by atoms with E-state index in [-0.39, 0.29) is 0 Å². The third-order valence-electron chi connectivity index (χ3n) is 12.3. The molecule has 0 fully saturated rings. The predicted molar refractivity (Wildman–Crippen MR) is 257 cm³/mol. The zero-order valence-corrected chi connectivity index (χ0v) is 34.4. The van der Waals surface area contributed by atoms with Crippen LogP contribution >= 0.6 is 0 Å². The molecule has 0 N–H and O–H groups in total. The van der Waals surface area contributed by atoms with Gasteiger partial charge < -0.3 is 13.7 Å². The number of hydrogen-bond donors (Lipinski definition) is 0. The molecule has 0 bridgehead atoms. The van der Waals surface area contributed by atoms with Gasteiger partial charge in [0.1, 0.15) is 6.07 Å². The average Bonchev–Trinajstić information content (AvgIpc) is 4.02. The lowest BCUT2D eigenvalue weighted by molar-refractivity contribution is 1.03. The number of hydrogen-bond acceptors (Lipinski definition) is 7. The molecule has 10 nitrogen and oxygen atoms in total. The Labute approximate surface area is 370 Å². The van der Waals surface area contributed by atoms with Crippen LogP contribution in [0.15, 0.2) is 195 Å². The van der Waals surface area contributed by atoms with Gasteiger partial charge in [0.15, 0.2) is 17.5 Å². The molecule has 13 aromatic rings. The fourth-order valence-corrected chi connectivity index (χ4v) is 9.57. The highest BCUT2D eigenvalue weighted by atomic mass is 15.1. The second kappa shape index (κ2) is 14.4. The molecule has 0 unspecified atom stereocenters. The molecule has 65 heavy (non-hydrogen) atoms. The molecular weight excluding hydrogens is 801 g/mol. The Bertz CT molecular complexity index is 3870. The Kier molecular flexibility index (Phi) is 8.03. The van der Waals surface area contributed by atoms with Gasteiger partial charge in [-0.05, 0) is 60.7 Å². The summed E-state index contributed by atoms with van der Waals surface area (Å²) in [6, 6.07) is 61.6. The molecule has 7 aromatic heterocycles. The molecule has 7 heterocycles. The van der Waals surface area contributed by atoms with Gasteiger partial charge in [-0.2, -0.15) is 5.26 Å². The van der Waals surface area contributed by atoms with Crippen molar-refractivity contribution in [3.8, 4) is 57.3 Å². The fourth-order valence-electron chi connectivity index (χ4n) is 9.57. The first kappa shape index (κ1) is 36.3. The Hall–Kier alpha value is -9.33. The lowest BCUT2D eigenvalue weighted by atomic mass is 10.0. The number of benzene rings is 6. The smallest absolute Gasteiger partial charge is 0.166 e. The number of fused-ring (bicyclic) bond motifs is 9.